The molecule has 1 amide bonds. The highest BCUT2D eigenvalue weighted by atomic mass is 16.6. The Hall–Kier alpha value is -6.94. The van der Waals surface area contributed by atoms with E-state index in [1.54, 1.807) is 47.1 Å². The van der Waals surface area contributed by atoms with Crippen molar-refractivity contribution in [2.24, 2.45) is 5.92 Å². The number of esters is 2. The van der Waals surface area contributed by atoms with Gasteiger partial charge in [0.05, 0.1) is 34.6 Å². The van der Waals surface area contributed by atoms with Crippen LogP contribution in [0.3, 0.4) is 0 Å². The quantitative estimate of drug-likeness (QED) is 0.0981. The van der Waals surface area contributed by atoms with E-state index < -0.39 is 29.5 Å². The molecule has 3 aromatic carbocycles. The maximum Gasteiger partial charge on any atom is 0.355 e. The number of aromatic nitrogens is 4. The van der Waals surface area contributed by atoms with Crippen LogP contribution in [0.25, 0.3) is 33.7 Å². The highest BCUT2D eigenvalue weighted by Crippen LogP contribution is 2.47. The van der Waals surface area contributed by atoms with E-state index >= 15 is 0 Å². The summed E-state index contributed by atoms with van der Waals surface area (Å²) in [6, 6.07) is 15.5. The van der Waals surface area contributed by atoms with Gasteiger partial charge in [-0.05, 0) is 103 Å². The van der Waals surface area contributed by atoms with E-state index in [9.17, 15) is 39.6 Å². The van der Waals surface area contributed by atoms with E-state index in [0.717, 1.165) is 41.3 Å². The lowest BCUT2D eigenvalue weighted by atomic mass is 9.82. The number of carbonyl (C=O) groups is 3. The molecule has 1 fully saturated rings. The third kappa shape index (κ3) is 7.58. The van der Waals surface area contributed by atoms with Gasteiger partial charge < -0.3 is 39.7 Å². The largest absolute Gasteiger partial charge is 0.508 e. The number of carbonyl (C=O) groups excluding carboxylic acids is 3. The minimum atomic E-state index is -1.83. The first kappa shape index (κ1) is 43.3. The molecule has 0 saturated carbocycles. The molecule has 9 rings (SSSR count). The molecule has 5 aromatic rings. The summed E-state index contributed by atoms with van der Waals surface area (Å²) in [6.07, 6.45) is 3.24. The summed E-state index contributed by atoms with van der Waals surface area (Å²) in [5, 5.41) is 50.5. The summed E-state index contributed by atoms with van der Waals surface area (Å²) < 4.78 is 13.0. The molecule has 16 nitrogen and oxygen atoms in total. The fourth-order valence-electron chi connectivity index (χ4n) is 9.93. The first-order valence-electron chi connectivity index (χ1n) is 22.3. The Morgan fingerprint density at radius 1 is 0.985 bits per heavy atom. The van der Waals surface area contributed by atoms with Gasteiger partial charge >= 0.3 is 17.6 Å². The van der Waals surface area contributed by atoms with Crippen LogP contribution >= 0.6 is 0 Å². The number of cyclic esters (lactones) is 1. The molecule has 338 valence electrons. The number of aryl methyl sites for hydroxylation is 1. The van der Waals surface area contributed by atoms with Crippen molar-refractivity contribution in [3.63, 3.8) is 0 Å². The zero-order valence-corrected chi connectivity index (χ0v) is 36.8. The molecule has 0 radical (unpaired) electrons. The molecule has 65 heavy (non-hydrogen) atoms. The van der Waals surface area contributed by atoms with Gasteiger partial charge in [0, 0.05) is 54.2 Å². The van der Waals surface area contributed by atoms with Gasteiger partial charge in [-0.2, -0.15) is 5.10 Å². The number of nitrogens with one attached hydrogen (secondary N) is 1. The summed E-state index contributed by atoms with van der Waals surface area (Å²) in [4.78, 5) is 62.0. The predicted octanol–water partition coefficient (Wildman–Crippen LogP) is 5.87. The standard InChI is InChI=1S/C49H52N6O10/c1-5-31-33-20-30(56)11-12-38(33)50-44-35(31)24-54-39(44)22-37-36(46(54)61)25-64-47(62)49(37,6-2)65-43(60)14-13-42(59)53-17-15-28(16-18-53)19-27-7-9-29(10-8-27)55-45(51-52-48(55)63)34-21-32(26(3)4)40(57)23-41(34)58/h7-12,20-23,26,28,46,56-58,61H,5-6,13-19,24-25H2,1-4H3,(H,52,63). The van der Waals surface area contributed by atoms with Crippen LogP contribution < -0.4 is 5.69 Å². The number of nitrogens with zero attached hydrogens (tertiary/aromatic N) is 5. The second-order valence-electron chi connectivity index (χ2n) is 17.6. The summed E-state index contributed by atoms with van der Waals surface area (Å²) >= 11 is 0. The Bertz CT molecular complexity index is 2870. The van der Waals surface area contributed by atoms with Crippen LogP contribution in [0, 0.1) is 5.92 Å². The number of benzene rings is 3. The highest BCUT2D eigenvalue weighted by Gasteiger charge is 2.53. The number of aliphatic hydroxyl groups is 1. The van der Waals surface area contributed by atoms with Crippen LogP contribution in [0.2, 0.25) is 0 Å². The van der Waals surface area contributed by atoms with Gasteiger partial charge in [0.2, 0.25) is 11.5 Å². The second-order valence-corrected chi connectivity index (χ2v) is 17.6. The smallest absolute Gasteiger partial charge is 0.355 e. The normalized spacial score (nSPS) is 19.6. The molecule has 5 N–H and O–H groups in total. The lowest BCUT2D eigenvalue weighted by Crippen LogP contribution is -2.53. The molecular weight excluding hydrogens is 833 g/mol. The van der Waals surface area contributed by atoms with Gasteiger partial charge in [-0.25, -0.2) is 24.2 Å². The number of phenols is 3. The van der Waals surface area contributed by atoms with Crippen molar-refractivity contribution in [2.75, 3.05) is 19.7 Å². The minimum absolute atomic E-state index is 0.0295. The average Bonchev–Trinajstić information content (AvgIpc) is 3.86. The number of phenolic OH excluding ortho intramolecular Hbond substituents is 3. The van der Waals surface area contributed by atoms with E-state index in [4.69, 9.17) is 14.5 Å². The first-order valence-corrected chi connectivity index (χ1v) is 22.3. The molecule has 0 spiro atoms. The number of hydrogen-bond donors (Lipinski definition) is 5. The Balaban J connectivity index is 0.828. The van der Waals surface area contributed by atoms with E-state index in [0.29, 0.717) is 76.8 Å². The number of aromatic amines is 1. The maximum atomic E-state index is 13.6. The van der Waals surface area contributed by atoms with Gasteiger partial charge in [0.15, 0.2) is 12.1 Å². The minimum Gasteiger partial charge on any atom is -0.508 e. The van der Waals surface area contributed by atoms with Gasteiger partial charge in [-0.1, -0.05) is 39.8 Å². The van der Waals surface area contributed by atoms with Crippen LogP contribution in [-0.4, -0.2) is 99.3 Å². The molecule has 2 atom stereocenters. The maximum absolute atomic E-state index is 13.6. The van der Waals surface area contributed by atoms with Gasteiger partial charge in [-0.15, -0.1) is 0 Å². The van der Waals surface area contributed by atoms with Gasteiger partial charge in [-0.3, -0.25) is 9.59 Å². The van der Waals surface area contributed by atoms with Gasteiger partial charge in [0.25, 0.3) is 0 Å². The number of amides is 1. The van der Waals surface area contributed by atoms with E-state index in [-0.39, 0.29) is 60.8 Å². The number of likely N-dealkylation sites (tertiary alicyclic amines) is 1. The Morgan fingerprint density at radius 2 is 1.74 bits per heavy atom. The van der Waals surface area contributed by atoms with Crippen molar-refractivity contribution in [1.29, 1.82) is 0 Å². The summed E-state index contributed by atoms with van der Waals surface area (Å²) in [6.45, 7) is 8.80. The van der Waals surface area contributed by atoms with Crippen LogP contribution in [0.1, 0.15) is 93.7 Å². The molecular formula is C49H52N6O10. The van der Waals surface area contributed by atoms with Crippen molar-refractivity contribution >= 4 is 34.4 Å². The van der Waals surface area contributed by atoms with Crippen LogP contribution in [-0.2, 0) is 43.2 Å². The Morgan fingerprint density at radius 3 is 2.45 bits per heavy atom. The SMILES string of the molecule is CCc1c2c(nc3ccc(O)cc13)C1=CC3=C(COC(=O)C3(CC)OC(=O)CCC(=O)N3CCC(Cc4ccc(-n5c(-c6cc(C(C)C)c(O)cc6O)n[nH]c5=O)cc4)CC3)C(O)N1C2. The Labute approximate surface area is 374 Å². The van der Waals surface area contributed by atoms with Crippen molar-refractivity contribution in [3.8, 4) is 34.3 Å². The number of aliphatic hydroxyl groups excluding tert-OH is 1. The number of rotatable bonds is 11. The molecule has 0 bridgehead atoms. The molecule has 1 saturated heterocycles. The number of H-pyrrole nitrogens is 1. The predicted molar refractivity (Wildman–Crippen MR) is 239 cm³/mol. The molecule has 4 aliphatic rings. The number of hydrogen-bond acceptors (Lipinski definition) is 13. The lowest BCUT2D eigenvalue weighted by molar-refractivity contribution is -0.181. The number of piperidine rings is 1. The van der Waals surface area contributed by atoms with Crippen LogP contribution in [0.5, 0.6) is 17.2 Å². The number of aromatic hydroxyl groups is 3. The topological polar surface area (TPSA) is 221 Å². The van der Waals surface area contributed by atoms with E-state index in [1.807, 2.05) is 45.0 Å². The Kier molecular flexibility index (Phi) is 11.3. The summed E-state index contributed by atoms with van der Waals surface area (Å²) in [5.41, 5.74) is 4.87. The number of fused-ring (bicyclic) bond motifs is 4. The fourth-order valence-corrected chi connectivity index (χ4v) is 9.93. The lowest BCUT2D eigenvalue weighted by Gasteiger charge is -2.42. The van der Waals surface area contributed by atoms with Gasteiger partial charge in [0.1, 0.15) is 23.9 Å². The molecule has 4 aliphatic heterocycles. The highest BCUT2D eigenvalue weighted by molar-refractivity contribution is 5.94. The molecule has 6 heterocycles. The second kappa shape index (κ2) is 16.9. The molecule has 2 unspecified atom stereocenters. The van der Waals surface area contributed by atoms with E-state index in [2.05, 4.69) is 10.2 Å². The summed E-state index contributed by atoms with van der Waals surface area (Å²) in [7, 11) is 0. The third-order valence-electron chi connectivity index (χ3n) is 13.5. The van der Waals surface area contributed by atoms with Crippen LogP contribution in [0.15, 0.2) is 76.6 Å². The molecule has 0 aliphatic carbocycles. The van der Waals surface area contributed by atoms with Crippen LogP contribution in [0.4, 0.5) is 0 Å². The zero-order chi connectivity index (χ0) is 45.9. The fraction of sp³-hybridized carbons (Fsp3) is 0.388. The summed E-state index contributed by atoms with van der Waals surface area (Å²) in [5.74, 6) is -1.27. The first-order chi connectivity index (χ1) is 31.2. The zero-order valence-electron chi connectivity index (χ0n) is 36.8. The van der Waals surface area contributed by atoms with E-state index in [1.165, 1.54) is 10.6 Å². The monoisotopic (exact) mass is 884 g/mol. The third-order valence-corrected chi connectivity index (χ3v) is 13.5. The number of pyridine rings is 1. The average molecular weight is 885 g/mol. The van der Waals surface area contributed by atoms with Crippen molar-refractivity contribution in [2.45, 2.75) is 96.9 Å². The molecule has 16 heteroatoms. The van der Waals surface area contributed by atoms with Crippen molar-refractivity contribution < 1.29 is 44.3 Å². The number of ether oxygens (including phenoxy) is 2. The van der Waals surface area contributed by atoms with Crippen molar-refractivity contribution in [1.82, 2.24) is 29.5 Å². The van der Waals surface area contributed by atoms with Crippen molar-refractivity contribution in [3.05, 3.63) is 110 Å². The molecule has 2 aromatic heterocycles.